The highest BCUT2D eigenvalue weighted by atomic mass is 15.2. The molecule has 2 aromatic rings. The standard InChI is InChI=1S/C16H17N3/c17-12-15(19-10-2-1-3-11-19)14-8-4-6-13-7-5-9-18-16(13)14/h4-9,15H,1-3,10-11H2. The monoisotopic (exact) mass is 251 g/mol. The maximum Gasteiger partial charge on any atom is 0.125 e. The lowest BCUT2D eigenvalue weighted by molar-refractivity contribution is 0.197. The van der Waals surface area contributed by atoms with Crippen LogP contribution in [0.2, 0.25) is 0 Å². The minimum absolute atomic E-state index is 0.168. The molecule has 1 aliphatic rings. The van der Waals surface area contributed by atoms with Crippen LogP contribution in [0.4, 0.5) is 0 Å². The van der Waals surface area contributed by atoms with Gasteiger partial charge in [0.25, 0.3) is 0 Å². The summed E-state index contributed by atoms with van der Waals surface area (Å²) in [5.41, 5.74) is 2.00. The van der Waals surface area contributed by atoms with E-state index in [0.29, 0.717) is 0 Å². The molecule has 1 aliphatic heterocycles. The van der Waals surface area contributed by atoms with Crippen LogP contribution < -0.4 is 0 Å². The van der Waals surface area contributed by atoms with E-state index in [1.54, 1.807) is 6.20 Å². The molecule has 1 aromatic heterocycles. The van der Waals surface area contributed by atoms with Crippen LogP contribution in [0.25, 0.3) is 10.9 Å². The molecular weight excluding hydrogens is 234 g/mol. The normalized spacial score (nSPS) is 18.1. The highest BCUT2D eigenvalue weighted by molar-refractivity contribution is 5.82. The predicted molar refractivity (Wildman–Crippen MR) is 75.5 cm³/mol. The molecule has 1 aromatic carbocycles. The lowest BCUT2D eigenvalue weighted by atomic mass is 10.00. The number of piperidine rings is 1. The van der Waals surface area contributed by atoms with Crippen LogP contribution in [-0.4, -0.2) is 23.0 Å². The molecule has 1 fully saturated rings. The molecule has 0 aliphatic carbocycles. The van der Waals surface area contributed by atoms with Crippen molar-refractivity contribution in [3.8, 4) is 6.07 Å². The molecule has 19 heavy (non-hydrogen) atoms. The second-order valence-electron chi connectivity index (χ2n) is 5.05. The van der Waals surface area contributed by atoms with Crippen molar-refractivity contribution in [3.63, 3.8) is 0 Å². The first-order valence-electron chi connectivity index (χ1n) is 6.87. The number of likely N-dealkylation sites (tertiary alicyclic amines) is 1. The van der Waals surface area contributed by atoms with Gasteiger partial charge >= 0.3 is 0 Å². The Morgan fingerprint density at radius 2 is 1.89 bits per heavy atom. The van der Waals surface area contributed by atoms with Crippen LogP contribution >= 0.6 is 0 Å². The average Bonchev–Trinajstić information content (AvgIpc) is 2.49. The molecule has 0 amide bonds. The second-order valence-corrected chi connectivity index (χ2v) is 5.05. The number of hydrogen-bond donors (Lipinski definition) is 0. The Hall–Kier alpha value is -1.92. The topological polar surface area (TPSA) is 39.9 Å². The van der Waals surface area contributed by atoms with E-state index in [-0.39, 0.29) is 6.04 Å². The minimum atomic E-state index is -0.168. The van der Waals surface area contributed by atoms with Gasteiger partial charge < -0.3 is 0 Å². The van der Waals surface area contributed by atoms with Gasteiger partial charge in [0.05, 0.1) is 11.6 Å². The largest absolute Gasteiger partial charge is 0.284 e. The summed E-state index contributed by atoms with van der Waals surface area (Å²) in [6.07, 6.45) is 5.46. The lowest BCUT2D eigenvalue weighted by Gasteiger charge is -2.31. The Kier molecular flexibility index (Phi) is 3.43. The Balaban J connectivity index is 2.04. The second kappa shape index (κ2) is 5.38. The van der Waals surface area contributed by atoms with E-state index in [2.05, 4.69) is 28.1 Å². The first kappa shape index (κ1) is 12.1. The van der Waals surface area contributed by atoms with Crippen LogP contribution in [0.1, 0.15) is 30.9 Å². The molecule has 3 rings (SSSR count). The van der Waals surface area contributed by atoms with Gasteiger partial charge in [-0.15, -0.1) is 0 Å². The minimum Gasteiger partial charge on any atom is -0.284 e. The molecule has 1 unspecified atom stereocenters. The van der Waals surface area contributed by atoms with Gasteiger partial charge in [-0.2, -0.15) is 5.26 Å². The third kappa shape index (κ3) is 2.32. The van der Waals surface area contributed by atoms with E-state index in [1.807, 2.05) is 18.2 Å². The molecule has 1 saturated heterocycles. The molecule has 0 saturated carbocycles. The summed E-state index contributed by atoms with van der Waals surface area (Å²) in [5, 5.41) is 10.7. The van der Waals surface area contributed by atoms with Crippen LogP contribution in [0, 0.1) is 11.3 Å². The van der Waals surface area contributed by atoms with Gasteiger partial charge in [-0.1, -0.05) is 30.7 Å². The number of rotatable bonds is 2. The molecule has 0 radical (unpaired) electrons. The maximum absolute atomic E-state index is 9.57. The van der Waals surface area contributed by atoms with E-state index in [0.717, 1.165) is 29.6 Å². The first-order valence-corrected chi connectivity index (χ1v) is 6.87. The number of nitriles is 1. The molecular formula is C16H17N3. The SMILES string of the molecule is N#CC(c1cccc2cccnc12)N1CCCCC1. The van der Waals surface area contributed by atoms with E-state index in [9.17, 15) is 5.26 Å². The van der Waals surface area contributed by atoms with Crippen molar-refractivity contribution in [2.45, 2.75) is 25.3 Å². The number of nitrogens with zero attached hydrogens (tertiary/aromatic N) is 3. The molecule has 0 bridgehead atoms. The molecule has 2 heterocycles. The number of aromatic nitrogens is 1. The summed E-state index contributed by atoms with van der Waals surface area (Å²) in [6, 6.07) is 12.4. The fourth-order valence-corrected chi connectivity index (χ4v) is 2.87. The smallest absolute Gasteiger partial charge is 0.125 e. The summed E-state index contributed by atoms with van der Waals surface area (Å²) in [7, 11) is 0. The van der Waals surface area contributed by atoms with Crippen LogP contribution in [0.5, 0.6) is 0 Å². The van der Waals surface area contributed by atoms with Crippen molar-refractivity contribution < 1.29 is 0 Å². The van der Waals surface area contributed by atoms with Gasteiger partial charge in [0.2, 0.25) is 0 Å². The van der Waals surface area contributed by atoms with E-state index >= 15 is 0 Å². The zero-order chi connectivity index (χ0) is 13.1. The van der Waals surface area contributed by atoms with E-state index < -0.39 is 0 Å². The number of pyridine rings is 1. The van der Waals surface area contributed by atoms with Crippen LogP contribution in [-0.2, 0) is 0 Å². The Labute approximate surface area is 113 Å². The molecule has 1 atom stereocenters. The Morgan fingerprint density at radius 1 is 1.11 bits per heavy atom. The van der Waals surface area contributed by atoms with Gasteiger partial charge in [-0.25, -0.2) is 0 Å². The van der Waals surface area contributed by atoms with Gasteiger partial charge in [0, 0.05) is 17.1 Å². The summed E-state index contributed by atoms with van der Waals surface area (Å²) in [6.45, 7) is 2.03. The summed E-state index contributed by atoms with van der Waals surface area (Å²) in [4.78, 5) is 6.75. The summed E-state index contributed by atoms with van der Waals surface area (Å²) < 4.78 is 0. The molecule has 96 valence electrons. The van der Waals surface area contributed by atoms with E-state index in [4.69, 9.17) is 0 Å². The molecule has 3 heteroatoms. The zero-order valence-electron chi connectivity index (χ0n) is 10.9. The molecule has 0 spiro atoms. The van der Waals surface area contributed by atoms with Gasteiger partial charge in [-0.05, 0) is 32.0 Å². The number of para-hydroxylation sites is 1. The quantitative estimate of drug-likeness (QED) is 0.822. The van der Waals surface area contributed by atoms with Crippen molar-refractivity contribution in [1.29, 1.82) is 5.26 Å². The maximum atomic E-state index is 9.57. The van der Waals surface area contributed by atoms with Gasteiger partial charge in [0.1, 0.15) is 6.04 Å². The summed E-state index contributed by atoms with van der Waals surface area (Å²) in [5.74, 6) is 0. The van der Waals surface area contributed by atoms with Crippen molar-refractivity contribution >= 4 is 10.9 Å². The van der Waals surface area contributed by atoms with Crippen molar-refractivity contribution in [1.82, 2.24) is 9.88 Å². The van der Waals surface area contributed by atoms with Crippen molar-refractivity contribution in [2.24, 2.45) is 0 Å². The molecule has 3 nitrogen and oxygen atoms in total. The first-order chi connectivity index (χ1) is 9.40. The van der Waals surface area contributed by atoms with Crippen molar-refractivity contribution in [3.05, 3.63) is 42.1 Å². The highest BCUT2D eigenvalue weighted by Gasteiger charge is 2.23. The number of fused-ring (bicyclic) bond motifs is 1. The number of hydrogen-bond acceptors (Lipinski definition) is 3. The lowest BCUT2D eigenvalue weighted by Crippen LogP contribution is -2.33. The Bertz CT molecular complexity index is 603. The number of benzene rings is 1. The van der Waals surface area contributed by atoms with E-state index in [1.165, 1.54) is 19.3 Å². The third-order valence-corrected chi connectivity index (χ3v) is 3.84. The fourth-order valence-electron chi connectivity index (χ4n) is 2.87. The summed E-state index contributed by atoms with van der Waals surface area (Å²) >= 11 is 0. The highest BCUT2D eigenvalue weighted by Crippen LogP contribution is 2.28. The molecule has 0 N–H and O–H groups in total. The van der Waals surface area contributed by atoms with Crippen LogP contribution in [0.15, 0.2) is 36.5 Å². The zero-order valence-corrected chi connectivity index (χ0v) is 10.9. The Morgan fingerprint density at radius 3 is 2.68 bits per heavy atom. The fraction of sp³-hybridized carbons (Fsp3) is 0.375. The van der Waals surface area contributed by atoms with Crippen molar-refractivity contribution in [2.75, 3.05) is 13.1 Å². The van der Waals surface area contributed by atoms with Gasteiger partial charge in [0.15, 0.2) is 0 Å². The predicted octanol–water partition coefficient (Wildman–Crippen LogP) is 3.29. The van der Waals surface area contributed by atoms with Gasteiger partial charge in [-0.3, -0.25) is 9.88 Å². The average molecular weight is 251 g/mol. The van der Waals surface area contributed by atoms with Crippen LogP contribution in [0.3, 0.4) is 0 Å². The third-order valence-electron chi connectivity index (χ3n) is 3.84.